The monoisotopic (exact) mass is 343 g/mol. The van der Waals surface area contributed by atoms with Crippen molar-refractivity contribution in [2.45, 2.75) is 0 Å². The molecule has 1 aliphatic rings. The molecule has 8 heteroatoms. The molecule has 24 heavy (non-hydrogen) atoms. The van der Waals surface area contributed by atoms with Gasteiger partial charge in [-0.05, 0) is 29.8 Å². The molecule has 0 bridgehead atoms. The van der Waals surface area contributed by atoms with Crippen molar-refractivity contribution in [3.05, 3.63) is 74.9 Å². The van der Waals surface area contributed by atoms with Crippen molar-refractivity contribution in [1.82, 2.24) is 5.32 Å². The van der Waals surface area contributed by atoms with Gasteiger partial charge in [0, 0.05) is 17.2 Å². The lowest BCUT2D eigenvalue weighted by Crippen LogP contribution is -2.30. The molecule has 7 nitrogen and oxygen atoms in total. The van der Waals surface area contributed by atoms with Gasteiger partial charge in [0.1, 0.15) is 5.70 Å². The van der Waals surface area contributed by atoms with E-state index >= 15 is 0 Å². The lowest BCUT2D eigenvalue weighted by Gasteiger charge is -2.11. The lowest BCUT2D eigenvalue weighted by atomic mass is 10.1. The molecule has 2 aromatic carbocycles. The summed E-state index contributed by atoms with van der Waals surface area (Å²) < 4.78 is 0. The van der Waals surface area contributed by atoms with E-state index in [9.17, 15) is 19.7 Å². The van der Waals surface area contributed by atoms with Crippen LogP contribution in [0, 0.1) is 10.1 Å². The number of nitro benzene ring substituents is 1. The molecule has 1 aliphatic heterocycles. The highest BCUT2D eigenvalue weighted by molar-refractivity contribution is 6.32. The van der Waals surface area contributed by atoms with Gasteiger partial charge < -0.3 is 5.32 Å². The number of benzene rings is 2. The first-order valence-electron chi connectivity index (χ1n) is 6.83. The molecular formula is C16H10ClN3O4. The number of nitro groups is 1. The summed E-state index contributed by atoms with van der Waals surface area (Å²) in [5.74, 6) is -0.561. The number of urea groups is 1. The van der Waals surface area contributed by atoms with E-state index in [0.29, 0.717) is 16.3 Å². The van der Waals surface area contributed by atoms with Crippen molar-refractivity contribution >= 4 is 41.0 Å². The van der Waals surface area contributed by atoms with E-state index in [1.807, 2.05) is 0 Å². The Morgan fingerprint density at radius 2 is 1.88 bits per heavy atom. The van der Waals surface area contributed by atoms with Crippen molar-refractivity contribution in [3.8, 4) is 0 Å². The molecule has 3 amide bonds. The Kier molecular flexibility index (Phi) is 4.01. The van der Waals surface area contributed by atoms with Crippen LogP contribution in [0.3, 0.4) is 0 Å². The quantitative estimate of drug-likeness (QED) is 0.400. The standard InChI is InChI=1S/C16H10ClN3O4/c17-11-4-2-5-12(9-11)19-15(21)14(18-16(19)22)8-10-3-1-6-13(7-10)20(23)24/h1-9H,(H,18,22)/b14-8+. The van der Waals surface area contributed by atoms with Crippen LogP contribution >= 0.6 is 11.6 Å². The van der Waals surface area contributed by atoms with E-state index in [4.69, 9.17) is 11.6 Å². The van der Waals surface area contributed by atoms with Crippen LogP contribution in [-0.4, -0.2) is 16.9 Å². The fourth-order valence-electron chi connectivity index (χ4n) is 2.28. The Morgan fingerprint density at radius 1 is 1.12 bits per heavy atom. The fourth-order valence-corrected chi connectivity index (χ4v) is 2.46. The van der Waals surface area contributed by atoms with Gasteiger partial charge >= 0.3 is 6.03 Å². The zero-order valence-corrected chi connectivity index (χ0v) is 12.9. The number of anilines is 1. The molecule has 1 heterocycles. The first-order valence-corrected chi connectivity index (χ1v) is 7.20. The van der Waals surface area contributed by atoms with Gasteiger partial charge in [-0.3, -0.25) is 14.9 Å². The van der Waals surface area contributed by atoms with E-state index in [1.54, 1.807) is 24.3 Å². The molecule has 1 fully saturated rings. The largest absolute Gasteiger partial charge is 0.333 e. The summed E-state index contributed by atoms with van der Waals surface area (Å²) in [7, 11) is 0. The molecule has 120 valence electrons. The number of hydrogen-bond donors (Lipinski definition) is 1. The number of non-ortho nitro benzene ring substituents is 1. The van der Waals surface area contributed by atoms with Crippen LogP contribution in [0.25, 0.3) is 6.08 Å². The SMILES string of the molecule is O=C1N/C(=C/c2cccc([N+](=O)[O-])c2)C(=O)N1c1cccc(Cl)c1. The predicted molar refractivity (Wildman–Crippen MR) is 88.5 cm³/mol. The number of amides is 3. The van der Waals surface area contributed by atoms with Gasteiger partial charge in [-0.1, -0.05) is 29.8 Å². The molecule has 3 rings (SSSR count). The van der Waals surface area contributed by atoms with E-state index < -0.39 is 16.9 Å². The van der Waals surface area contributed by atoms with Gasteiger partial charge in [0.05, 0.1) is 10.6 Å². The first-order chi connectivity index (χ1) is 11.5. The Labute approximate surface area is 141 Å². The van der Waals surface area contributed by atoms with Crippen molar-refractivity contribution in [1.29, 1.82) is 0 Å². The predicted octanol–water partition coefficient (Wildman–Crippen LogP) is 3.35. The summed E-state index contributed by atoms with van der Waals surface area (Å²) in [5, 5.41) is 13.7. The molecule has 0 radical (unpaired) electrons. The number of rotatable bonds is 3. The van der Waals surface area contributed by atoms with Crippen LogP contribution in [0.15, 0.2) is 54.2 Å². The van der Waals surface area contributed by atoms with Crippen LogP contribution in [0.5, 0.6) is 0 Å². The smallest absolute Gasteiger partial charge is 0.302 e. The summed E-state index contributed by atoms with van der Waals surface area (Å²) >= 11 is 5.88. The van der Waals surface area contributed by atoms with Gasteiger partial charge in [0.25, 0.3) is 11.6 Å². The highest BCUT2D eigenvalue weighted by Gasteiger charge is 2.34. The van der Waals surface area contributed by atoms with Crippen molar-refractivity contribution < 1.29 is 14.5 Å². The number of halogens is 1. The van der Waals surface area contributed by atoms with Crippen LogP contribution in [0.2, 0.25) is 5.02 Å². The number of carbonyl (C=O) groups is 2. The maximum atomic E-state index is 12.4. The number of nitrogens with zero attached hydrogens (tertiary/aromatic N) is 2. The highest BCUT2D eigenvalue weighted by atomic mass is 35.5. The van der Waals surface area contributed by atoms with Crippen molar-refractivity contribution in [3.63, 3.8) is 0 Å². The Morgan fingerprint density at radius 3 is 2.58 bits per heavy atom. The molecule has 0 aromatic heterocycles. The van der Waals surface area contributed by atoms with E-state index in [-0.39, 0.29) is 11.4 Å². The zero-order valence-electron chi connectivity index (χ0n) is 12.1. The first kappa shape index (κ1) is 15.7. The molecule has 0 unspecified atom stereocenters. The average molecular weight is 344 g/mol. The number of nitrogens with one attached hydrogen (secondary N) is 1. The van der Waals surface area contributed by atoms with Gasteiger partial charge in [-0.2, -0.15) is 0 Å². The third-order valence-electron chi connectivity index (χ3n) is 3.34. The number of hydrogen-bond acceptors (Lipinski definition) is 4. The minimum Gasteiger partial charge on any atom is -0.302 e. The summed E-state index contributed by atoms with van der Waals surface area (Å²) in [4.78, 5) is 35.7. The van der Waals surface area contributed by atoms with Crippen molar-refractivity contribution in [2.75, 3.05) is 4.90 Å². The number of carbonyl (C=O) groups excluding carboxylic acids is 2. The van der Waals surface area contributed by atoms with Crippen LogP contribution < -0.4 is 10.2 Å². The fraction of sp³-hybridized carbons (Fsp3) is 0. The summed E-state index contributed by atoms with van der Waals surface area (Å²) in [6.45, 7) is 0. The van der Waals surface area contributed by atoms with Crippen LogP contribution in [-0.2, 0) is 4.79 Å². The second kappa shape index (κ2) is 6.13. The third kappa shape index (κ3) is 2.97. The minimum atomic E-state index is -0.612. The zero-order chi connectivity index (χ0) is 17.3. The second-order valence-corrected chi connectivity index (χ2v) is 5.40. The molecule has 1 N–H and O–H groups in total. The molecule has 0 spiro atoms. The molecule has 2 aromatic rings. The van der Waals surface area contributed by atoms with Gasteiger partial charge in [-0.25, -0.2) is 9.69 Å². The molecule has 0 saturated carbocycles. The van der Waals surface area contributed by atoms with Gasteiger partial charge in [-0.15, -0.1) is 0 Å². The Bertz CT molecular complexity index is 894. The van der Waals surface area contributed by atoms with E-state index in [2.05, 4.69) is 5.32 Å². The second-order valence-electron chi connectivity index (χ2n) is 4.96. The third-order valence-corrected chi connectivity index (χ3v) is 3.57. The van der Waals surface area contributed by atoms with Crippen molar-refractivity contribution in [2.24, 2.45) is 0 Å². The average Bonchev–Trinajstić information content (AvgIpc) is 2.81. The highest BCUT2D eigenvalue weighted by Crippen LogP contribution is 2.25. The molecule has 0 aliphatic carbocycles. The lowest BCUT2D eigenvalue weighted by molar-refractivity contribution is -0.384. The van der Waals surface area contributed by atoms with E-state index in [0.717, 1.165) is 4.90 Å². The van der Waals surface area contributed by atoms with E-state index in [1.165, 1.54) is 30.3 Å². The normalized spacial score (nSPS) is 15.7. The van der Waals surface area contributed by atoms with Crippen LogP contribution in [0.1, 0.15) is 5.56 Å². The van der Waals surface area contributed by atoms with Crippen LogP contribution in [0.4, 0.5) is 16.2 Å². The molecular weight excluding hydrogens is 334 g/mol. The van der Waals surface area contributed by atoms with Gasteiger partial charge in [0.2, 0.25) is 0 Å². The summed E-state index contributed by atoms with van der Waals surface area (Å²) in [6, 6.07) is 11.5. The maximum Gasteiger partial charge on any atom is 0.333 e. The Balaban J connectivity index is 1.94. The topological polar surface area (TPSA) is 92.5 Å². The molecule has 1 saturated heterocycles. The van der Waals surface area contributed by atoms with Gasteiger partial charge in [0.15, 0.2) is 0 Å². The minimum absolute atomic E-state index is 0.0282. The summed E-state index contributed by atoms with van der Waals surface area (Å²) in [6.07, 6.45) is 1.39. The molecule has 0 atom stereocenters. The number of imide groups is 1. The maximum absolute atomic E-state index is 12.4. The Hall–Kier alpha value is -3.19. The summed E-state index contributed by atoms with van der Waals surface area (Å²) in [5.41, 5.74) is 0.696.